The summed E-state index contributed by atoms with van der Waals surface area (Å²) in [5.74, 6) is 0.567. The van der Waals surface area contributed by atoms with Gasteiger partial charge in [-0.2, -0.15) is 11.8 Å². The Hall–Kier alpha value is -0.310. The summed E-state index contributed by atoms with van der Waals surface area (Å²) in [5, 5.41) is 12.4. The number of nitrogens with one attached hydrogen (secondary N) is 2. The van der Waals surface area contributed by atoms with E-state index in [0.717, 1.165) is 0 Å². The van der Waals surface area contributed by atoms with Gasteiger partial charge in [0.05, 0.1) is 11.9 Å². The molecule has 0 aliphatic heterocycles. The van der Waals surface area contributed by atoms with E-state index in [0.29, 0.717) is 24.5 Å². The summed E-state index contributed by atoms with van der Waals surface area (Å²) in [6, 6.07) is -0.784. The molecule has 0 saturated carbocycles. The predicted molar refractivity (Wildman–Crippen MR) is 87.9 cm³/mol. The van der Waals surface area contributed by atoms with Gasteiger partial charge in [0.15, 0.2) is 0 Å². The van der Waals surface area contributed by atoms with E-state index in [1.54, 1.807) is 11.8 Å². The van der Waals surface area contributed by atoms with Crippen molar-refractivity contribution in [2.45, 2.75) is 45.8 Å². The second-order valence-corrected chi connectivity index (χ2v) is 8.41. The van der Waals surface area contributed by atoms with E-state index in [2.05, 4.69) is 10.0 Å². The van der Waals surface area contributed by atoms with Crippen LogP contribution in [0.15, 0.2) is 0 Å². The standard InChI is InChI=1S/C13H28N2O4S2/c1-5-21(18,19)15-12(6-7-20-4)13(17)14-9-11(16)8-10(2)3/h10-12,15-16H,5-9H2,1-4H3,(H,14,17). The van der Waals surface area contributed by atoms with Crippen molar-refractivity contribution in [1.82, 2.24) is 10.0 Å². The lowest BCUT2D eigenvalue weighted by Crippen LogP contribution is -2.49. The highest BCUT2D eigenvalue weighted by Gasteiger charge is 2.23. The van der Waals surface area contributed by atoms with Gasteiger partial charge in [-0.15, -0.1) is 0 Å². The normalized spacial score (nSPS) is 15.0. The molecule has 0 fully saturated rings. The lowest BCUT2D eigenvalue weighted by molar-refractivity contribution is -0.123. The number of hydrogen-bond donors (Lipinski definition) is 3. The van der Waals surface area contributed by atoms with Crippen LogP contribution in [0.2, 0.25) is 0 Å². The van der Waals surface area contributed by atoms with Crippen LogP contribution in [0.5, 0.6) is 0 Å². The summed E-state index contributed by atoms with van der Waals surface area (Å²) in [5.41, 5.74) is 0. The molecule has 0 aromatic carbocycles. The number of amides is 1. The van der Waals surface area contributed by atoms with Gasteiger partial charge in [-0.05, 0) is 37.7 Å². The molecule has 0 heterocycles. The molecule has 1 amide bonds. The van der Waals surface area contributed by atoms with Gasteiger partial charge in [-0.25, -0.2) is 13.1 Å². The molecule has 2 atom stereocenters. The first-order chi connectivity index (χ1) is 9.71. The molecule has 0 aromatic heterocycles. The lowest BCUT2D eigenvalue weighted by atomic mass is 10.1. The third-order valence-corrected chi connectivity index (χ3v) is 4.93. The average Bonchev–Trinajstić information content (AvgIpc) is 2.40. The molecule has 8 heteroatoms. The number of aliphatic hydroxyl groups excluding tert-OH is 1. The summed E-state index contributed by atoms with van der Waals surface area (Å²) in [4.78, 5) is 12.1. The van der Waals surface area contributed by atoms with Crippen molar-refractivity contribution in [1.29, 1.82) is 0 Å². The zero-order valence-corrected chi connectivity index (χ0v) is 14.9. The van der Waals surface area contributed by atoms with Crippen LogP contribution in [0, 0.1) is 5.92 Å². The molecule has 0 aromatic rings. The smallest absolute Gasteiger partial charge is 0.238 e. The maximum absolute atomic E-state index is 12.1. The fourth-order valence-electron chi connectivity index (χ4n) is 1.75. The Kier molecular flexibility index (Phi) is 10.3. The van der Waals surface area contributed by atoms with E-state index in [-0.39, 0.29) is 18.2 Å². The zero-order chi connectivity index (χ0) is 16.5. The number of sulfonamides is 1. The molecule has 0 rings (SSSR count). The first-order valence-electron chi connectivity index (χ1n) is 7.16. The molecule has 2 unspecified atom stereocenters. The van der Waals surface area contributed by atoms with Crippen LogP contribution >= 0.6 is 11.8 Å². The molecule has 6 nitrogen and oxygen atoms in total. The lowest BCUT2D eigenvalue weighted by Gasteiger charge is -2.19. The van der Waals surface area contributed by atoms with Gasteiger partial charge in [0.25, 0.3) is 0 Å². The molecule has 0 saturated heterocycles. The molecule has 0 aliphatic carbocycles. The van der Waals surface area contributed by atoms with Crippen LogP contribution in [0.1, 0.15) is 33.6 Å². The van der Waals surface area contributed by atoms with Gasteiger partial charge in [0, 0.05) is 6.54 Å². The minimum atomic E-state index is -3.43. The molecule has 0 spiro atoms. The minimum absolute atomic E-state index is 0.0635. The van der Waals surface area contributed by atoms with E-state index in [4.69, 9.17) is 0 Å². The Balaban J connectivity index is 4.51. The molecule has 21 heavy (non-hydrogen) atoms. The monoisotopic (exact) mass is 340 g/mol. The number of hydrogen-bond acceptors (Lipinski definition) is 5. The van der Waals surface area contributed by atoms with Crippen LogP contribution in [0.4, 0.5) is 0 Å². The first kappa shape index (κ1) is 20.7. The number of thioether (sulfide) groups is 1. The first-order valence-corrected chi connectivity index (χ1v) is 10.2. The maximum atomic E-state index is 12.1. The van der Waals surface area contributed by atoms with Gasteiger partial charge < -0.3 is 10.4 Å². The Morgan fingerprint density at radius 3 is 2.43 bits per heavy atom. The van der Waals surface area contributed by atoms with E-state index in [9.17, 15) is 18.3 Å². The molecular formula is C13H28N2O4S2. The quantitative estimate of drug-likeness (QED) is 0.511. The summed E-state index contributed by atoms with van der Waals surface area (Å²) >= 11 is 1.55. The molecule has 3 N–H and O–H groups in total. The minimum Gasteiger partial charge on any atom is -0.391 e. The molecule has 0 aliphatic rings. The van der Waals surface area contributed by atoms with Gasteiger partial charge in [0.1, 0.15) is 6.04 Å². The molecule has 0 radical (unpaired) electrons. The van der Waals surface area contributed by atoms with Gasteiger partial charge in [0.2, 0.25) is 15.9 Å². The summed E-state index contributed by atoms with van der Waals surface area (Å²) in [6.45, 7) is 5.64. The third kappa shape index (κ3) is 10.1. The third-order valence-electron chi connectivity index (χ3n) is 2.88. The number of rotatable bonds is 11. The topological polar surface area (TPSA) is 95.5 Å². The summed E-state index contributed by atoms with van der Waals surface area (Å²) in [6.07, 6.45) is 2.30. The van der Waals surface area contributed by atoms with E-state index < -0.39 is 22.2 Å². The van der Waals surface area contributed by atoms with Crippen molar-refractivity contribution in [3.63, 3.8) is 0 Å². The van der Waals surface area contributed by atoms with Crippen molar-refractivity contribution >= 4 is 27.7 Å². The number of aliphatic hydroxyl groups is 1. The van der Waals surface area contributed by atoms with E-state index in [1.165, 1.54) is 6.92 Å². The molecular weight excluding hydrogens is 312 g/mol. The van der Waals surface area contributed by atoms with Crippen LogP contribution in [-0.4, -0.2) is 55.9 Å². The summed E-state index contributed by atoms with van der Waals surface area (Å²) < 4.78 is 25.6. The van der Waals surface area contributed by atoms with Crippen LogP contribution in [0.3, 0.4) is 0 Å². The van der Waals surface area contributed by atoms with Crippen LogP contribution < -0.4 is 10.0 Å². The fraction of sp³-hybridized carbons (Fsp3) is 0.923. The Morgan fingerprint density at radius 1 is 1.33 bits per heavy atom. The highest BCUT2D eigenvalue weighted by Crippen LogP contribution is 2.05. The van der Waals surface area contributed by atoms with Crippen molar-refractivity contribution in [3.8, 4) is 0 Å². The Bertz CT molecular complexity index is 399. The predicted octanol–water partition coefficient (Wildman–Crippen LogP) is 0.571. The highest BCUT2D eigenvalue weighted by molar-refractivity contribution is 7.98. The highest BCUT2D eigenvalue weighted by atomic mass is 32.2. The maximum Gasteiger partial charge on any atom is 0.238 e. The number of carbonyl (C=O) groups excluding carboxylic acids is 1. The second-order valence-electron chi connectivity index (χ2n) is 5.38. The largest absolute Gasteiger partial charge is 0.391 e. The Labute approximate surface area is 132 Å². The molecule has 126 valence electrons. The number of carbonyl (C=O) groups is 1. The van der Waals surface area contributed by atoms with Crippen LogP contribution in [-0.2, 0) is 14.8 Å². The van der Waals surface area contributed by atoms with Gasteiger partial charge in [-0.3, -0.25) is 4.79 Å². The van der Waals surface area contributed by atoms with Crippen molar-refractivity contribution in [3.05, 3.63) is 0 Å². The Morgan fingerprint density at radius 2 is 1.95 bits per heavy atom. The SMILES string of the molecule is CCS(=O)(=O)NC(CCSC)C(=O)NCC(O)CC(C)C. The molecule has 0 bridgehead atoms. The van der Waals surface area contributed by atoms with Crippen molar-refractivity contribution in [2.75, 3.05) is 24.3 Å². The van der Waals surface area contributed by atoms with Crippen LogP contribution in [0.25, 0.3) is 0 Å². The van der Waals surface area contributed by atoms with Gasteiger partial charge >= 0.3 is 0 Å². The summed E-state index contributed by atoms with van der Waals surface area (Å²) in [7, 11) is -3.43. The van der Waals surface area contributed by atoms with E-state index >= 15 is 0 Å². The second kappa shape index (κ2) is 10.4. The zero-order valence-electron chi connectivity index (χ0n) is 13.3. The van der Waals surface area contributed by atoms with E-state index in [1.807, 2.05) is 20.1 Å². The van der Waals surface area contributed by atoms with Gasteiger partial charge in [-0.1, -0.05) is 13.8 Å². The van der Waals surface area contributed by atoms with Crippen molar-refractivity contribution < 1.29 is 18.3 Å². The van der Waals surface area contributed by atoms with Crippen molar-refractivity contribution in [2.24, 2.45) is 5.92 Å². The average molecular weight is 341 g/mol. The fourth-order valence-corrected chi connectivity index (χ4v) is 3.04.